The molecule has 1 rings (SSSR count). The van der Waals surface area contributed by atoms with Crippen molar-refractivity contribution in [2.45, 2.75) is 34.1 Å². The van der Waals surface area contributed by atoms with Crippen molar-refractivity contribution in [2.24, 2.45) is 5.41 Å². The molecule has 148 valence electrons. The van der Waals surface area contributed by atoms with Crippen molar-refractivity contribution in [2.75, 3.05) is 19.7 Å². The van der Waals surface area contributed by atoms with E-state index in [1.807, 2.05) is 26.8 Å². The Bertz CT molecular complexity index is 660. The molecule has 0 radical (unpaired) electrons. The fourth-order valence-corrected chi connectivity index (χ4v) is 1.91. The minimum Gasteiger partial charge on any atom is -0.434 e. The number of benzene rings is 1. The summed E-state index contributed by atoms with van der Waals surface area (Å²) in [6, 6.07) is 6.16. The third-order valence-corrected chi connectivity index (χ3v) is 3.25. The van der Waals surface area contributed by atoms with Crippen molar-refractivity contribution in [1.82, 2.24) is 10.6 Å². The Balaban J connectivity index is 2.29. The normalized spacial score (nSPS) is 11.1. The van der Waals surface area contributed by atoms with Crippen LogP contribution in [0.5, 0.6) is 5.75 Å². The van der Waals surface area contributed by atoms with E-state index in [2.05, 4.69) is 15.4 Å². The third-order valence-electron chi connectivity index (χ3n) is 3.25. The largest absolute Gasteiger partial charge is 0.513 e. The molecule has 0 unspecified atom stereocenters. The zero-order valence-electron chi connectivity index (χ0n) is 16.3. The van der Waals surface area contributed by atoms with E-state index in [0.717, 1.165) is 0 Å². The van der Waals surface area contributed by atoms with Gasteiger partial charge >= 0.3 is 6.16 Å². The van der Waals surface area contributed by atoms with Gasteiger partial charge in [0.1, 0.15) is 5.75 Å². The van der Waals surface area contributed by atoms with Gasteiger partial charge in [0.2, 0.25) is 5.91 Å². The van der Waals surface area contributed by atoms with E-state index >= 15 is 0 Å². The van der Waals surface area contributed by atoms with Crippen LogP contribution in [-0.2, 0) is 9.53 Å². The standard InChI is InChI=1S/C20H28N2O5/c1-5-26-19(25)27-16-9-7-15(8-10-16)18(24)22-14-6-13-21-17(23)11-12-20(2,3)4/h7-12H,5-6,13-14H2,1-4H3,(H,21,23)(H,22,24)/b12-11+. The Morgan fingerprint density at radius 3 is 2.26 bits per heavy atom. The Morgan fingerprint density at radius 2 is 1.67 bits per heavy atom. The fraction of sp³-hybridized carbons (Fsp3) is 0.450. The van der Waals surface area contributed by atoms with E-state index in [1.54, 1.807) is 19.1 Å². The predicted octanol–water partition coefficient (Wildman–Crippen LogP) is 3.06. The van der Waals surface area contributed by atoms with Crippen LogP contribution in [0, 0.1) is 5.41 Å². The van der Waals surface area contributed by atoms with Crippen LogP contribution in [0.25, 0.3) is 0 Å². The lowest BCUT2D eigenvalue weighted by Crippen LogP contribution is -2.29. The second-order valence-electron chi connectivity index (χ2n) is 6.91. The maximum absolute atomic E-state index is 12.0. The monoisotopic (exact) mass is 376 g/mol. The zero-order valence-corrected chi connectivity index (χ0v) is 16.3. The second kappa shape index (κ2) is 11.0. The van der Waals surface area contributed by atoms with Crippen LogP contribution in [0.3, 0.4) is 0 Å². The highest BCUT2D eigenvalue weighted by molar-refractivity contribution is 5.94. The van der Waals surface area contributed by atoms with Gasteiger partial charge in [-0.05, 0) is 49.1 Å². The maximum Gasteiger partial charge on any atom is 0.513 e. The molecule has 2 N–H and O–H groups in total. The molecule has 1 aromatic rings. The fourth-order valence-electron chi connectivity index (χ4n) is 1.91. The first-order chi connectivity index (χ1) is 12.7. The van der Waals surface area contributed by atoms with Gasteiger partial charge < -0.3 is 20.1 Å². The summed E-state index contributed by atoms with van der Waals surface area (Å²) < 4.78 is 9.60. The van der Waals surface area contributed by atoms with Gasteiger partial charge in [0.25, 0.3) is 5.91 Å². The van der Waals surface area contributed by atoms with Crippen molar-refractivity contribution in [1.29, 1.82) is 0 Å². The molecule has 0 heterocycles. The molecule has 7 heteroatoms. The summed E-state index contributed by atoms with van der Waals surface area (Å²) >= 11 is 0. The van der Waals surface area contributed by atoms with Crippen LogP contribution in [0.15, 0.2) is 36.4 Å². The first-order valence-electron chi connectivity index (χ1n) is 8.91. The molecule has 2 amide bonds. The van der Waals surface area contributed by atoms with Crippen molar-refractivity contribution < 1.29 is 23.9 Å². The Morgan fingerprint density at radius 1 is 1.04 bits per heavy atom. The van der Waals surface area contributed by atoms with Crippen molar-refractivity contribution >= 4 is 18.0 Å². The highest BCUT2D eigenvalue weighted by atomic mass is 16.7. The number of carbonyl (C=O) groups is 3. The molecule has 0 aliphatic rings. The molecule has 0 aliphatic heterocycles. The lowest BCUT2D eigenvalue weighted by Gasteiger charge is -2.11. The summed E-state index contributed by atoms with van der Waals surface area (Å²) in [7, 11) is 0. The maximum atomic E-state index is 12.0. The van der Waals surface area contributed by atoms with E-state index in [0.29, 0.717) is 30.8 Å². The third kappa shape index (κ3) is 10.0. The van der Waals surface area contributed by atoms with E-state index < -0.39 is 6.16 Å². The van der Waals surface area contributed by atoms with E-state index in [1.165, 1.54) is 18.2 Å². The van der Waals surface area contributed by atoms with Crippen LogP contribution in [0.2, 0.25) is 0 Å². The summed E-state index contributed by atoms with van der Waals surface area (Å²) in [5.74, 6) is -0.0823. The molecular weight excluding hydrogens is 348 g/mol. The summed E-state index contributed by atoms with van der Waals surface area (Å²) in [5, 5.41) is 5.54. The Hall–Kier alpha value is -2.83. The van der Waals surface area contributed by atoms with Crippen LogP contribution >= 0.6 is 0 Å². The molecule has 0 spiro atoms. The van der Waals surface area contributed by atoms with Gasteiger partial charge in [-0.25, -0.2) is 4.79 Å². The van der Waals surface area contributed by atoms with Crippen molar-refractivity contribution in [3.63, 3.8) is 0 Å². The molecule has 0 aliphatic carbocycles. The van der Waals surface area contributed by atoms with Gasteiger partial charge in [0.05, 0.1) is 6.61 Å². The molecular formula is C20H28N2O5. The molecule has 7 nitrogen and oxygen atoms in total. The molecule has 0 aromatic heterocycles. The number of ether oxygens (including phenoxy) is 2. The first-order valence-corrected chi connectivity index (χ1v) is 8.91. The second-order valence-corrected chi connectivity index (χ2v) is 6.91. The number of allylic oxidation sites excluding steroid dienone is 1. The molecule has 27 heavy (non-hydrogen) atoms. The van der Waals surface area contributed by atoms with Crippen LogP contribution in [0.4, 0.5) is 4.79 Å². The lowest BCUT2D eigenvalue weighted by atomic mass is 9.96. The van der Waals surface area contributed by atoms with Crippen LogP contribution in [0.1, 0.15) is 44.5 Å². The van der Waals surface area contributed by atoms with E-state index in [-0.39, 0.29) is 23.8 Å². The van der Waals surface area contributed by atoms with Crippen molar-refractivity contribution in [3.8, 4) is 5.75 Å². The van der Waals surface area contributed by atoms with Gasteiger partial charge in [0, 0.05) is 18.7 Å². The van der Waals surface area contributed by atoms with Crippen LogP contribution in [-0.4, -0.2) is 37.7 Å². The minimum absolute atomic E-state index is 0.0395. The number of hydrogen-bond acceptors (Lipinski definition) is 5. The smallest absolute Gasteiger partial charge is 0.434 e. The number of carbonyl (C=O) groups excluding carboxylic acids is 3. The first kappa shape index (κ1) is 22.2. The summed E-state index contributed by atoms with van der Waals surface area (Å²) in [4.78, 5) is 34.9. The average molecular weight is 376 g/mol. The quantitative estimate of drug-likeness (QED) is 0.315. The number of amides is 2. The van der Waals surface area contributed by atoms with Crippen molar-refractivity contribution in [3.05, 3.63) is 42.0 Å². The SMILES string of the molecule is CCOC(=O)Oc1ccc(C(=O)NCCCNC(=O)/C=C/C(C)(C)C)cc1. The zero-order chi connectivity index (χ0) is 20.3. The average Bonchev–Trinajstić information content (AvgIpc) is 2.59. The topological polar surface area (TPSA) is 93.7 Å². The molecule has 0 bridgehead atoms. The predicted molar refractivity (Wildman–Crippen MR) is 103 cm³/mol. The lowest BCUT2D eigenvalue weighted by molar-refractivity contribution is -0.116. The van der Waals surface area contributed by atoms with Gasteiger partial charge in [-0.3, -0.25) is 9.59 Å². The highest BCUT2D eigenvalue weighted by Gasteiger charge is 2.08. The molecule has 0 atom stereocenters. The van der Waals surface area contributed by atoms with Gasteiger partial charge in [-0.1, -0.05) is 26.8 Å². The summed E-state index contributed by atoms with van der Waals surface area (Å²) in [6.45, 7) is 8.86. The number of rotatable bonds is 8. The van der Waals surface area contributed by atoms with Gasteiger partial charge in [0.15, 0.2) is 0 Å². The minimum atomic E-state index is -0.783. The Kier molecular flexibility index (Phi) is 9.05. The summed E-state index contributed by atoms with van der Waals surface area (Å²) in [5.41, 5.74) is 0.408. The van der Waals surface area contributed by atoms with Gasteiger partial charge in [-0.2, -0.15) is 0 Å². The number of nitrogens with one attached hydrogen (secondary N) is 2. The Labute approximate surface area is 160 Å². The molecule has 0 saturated carbocycles. The van der Waals surface area contributed by atoms with E-state index in [4.69, 9.17) is 4.74 Å². The molecule has 0 saturated heterocycles. The van der Waals surface area contributed by atoms with E-state index in [9.17, 15) is 14.4 Å². The van der Waals surface area contributed by atoms with Gasteiger partial charge in [-0.15, -0.1) is 0 Å². The van der Waals surface area contributed by atoms with Crippen LogP contribution < -0.4 is 15.4 Å². The highest BCUT2D eigenvalue weighted by Crippen LogP contribution is 2.14. The molecule has 1 aromatic carbocycles. The number of hydrogen-bond donors (Lipinski definition) is 2. The molecule has 0 fully saturated rings. The summed E-state index contributed by atoms with van der Waals surface area (Å²) in [6.07, 6.45) is 3.21.